The minimum atomic E-state index is 0.393. The molecule has 1 atom stereocenters. The second-order valence-corrected chi connectivity index (χ2v) is 4.28. The molecule has 0 amide bonds. The molecule has 0 unspecified atom stereocenters. The third-order valence-corrected chi connectivity index (χ3v) is 3.05. The zero-order valence-corrected chi connectivity index (χ0v) is 10.4. The first kappa shape index (κ1) is 11.9. The Labute approximate surface area is 102 Å². The van der Waals surface area contributed by atoms with Gasteiger partial charge in [0.15, 0.2) is 0 Å². The third kappa shape index (κ3) is 3.17. The lowest BCUT2D eigenvalue weighted by molar-refractivity contribution is 0.564. The fraction of sp³-hybridized carbons (Fsp3) is 0.357. The summed E-state index contributed by atoms with van der Waals surface area (Å²) in [5, 5.41) is 7.68. The van der Waals surface area contributed by atoms with Crippen molar-refractivity contribution in [3.8, 4) is 0 Å². The minimum absolute atomic E-state index is 0.393. The molecule has 1 aromatic carbocycles. The quantitative estimate of drug-likeness (QED) is 0.852. The van der Waals surface area contributed by atoms with E-state index in [4.69, 9.17) is 0 Å². The van der Waals surface area contributed by atoms with Crippen LogP contribution in [0.3, 0.4) is 0 Å². The van der Waals surface area contributed by atoms with E-state index in [9.17, 15) is 0 Å². The summed E-state index contributed by atoms with van der Waals surface area (Å²) in [6, 6.07) is 13.0. The minimum Gasteiger partial charge on any atom is -0.310 e. The highest BCUT2D eigenvalue weighted by atomic mass is 15.3. The van der Waals surface area contributed by atoms with Crippen LogP contribution in [0.2, 0.25) is 0 Å². The van der Waals surface area contributed by atoms with Gasteiger partial charge in [-0.1, -0.05) is 30.3 Å². The first-order valence-electron chi connectivity index (χ1n) is 6.02. The summed E-state index contributed by atoms with van der Waals surface area (Å²) in [7, 11) is 1.98. The molecule has 17 heavy (non-hydrogen) atoms. The van der Waals surface area contributed by atoms with E-state index >= 15 is 0 Å². The number of nitrogens with zero attached hydrogens (tertiary/aromatic N) is 2. The van der Waals surface area contributed by atoms with E-state index in [1.807, 2.05) is 24.0 Å². The van der Waals surface area contributed by atoms with Crippen molar-refractivity contribution in [2.75, 3.05) is 6.54 Å². The smallest absolute Gasteiger partial charge is 0.0492 e. The van der Waals surface area contributed by atoms with E-state index in [0.717, 1.165) is 13.0 Å². The van der Waals surface area contributed by atoms with Crippen LogP contribution in [0.4, 0.5) is 0 Å². The molecular formula is C14H19N3. The average Bonchev–Trinajstić information content (AvgIpc) is 2.76. The van der Waals surface area contributed by atoms with Crippen molar-refractivity contribution < 1.29 is 0 Å². The first-order valence-corrected chi connectivity index (χ1v) is 6.02. The Hall–Kier alpha value is -1.61. The van der Waals surface area contributed by atoms with Gasteiger partial charge in [0.05, 0.1) is 0 Å². The Kier molecular flexibility index (Phi) is 3.94. The van der Waals surface area contributed by atoms with Crippen LogP contribution in [0, 0.1) is 0 Å². The standard InChI is InChI=1S/C14H19N3/c1-12(13-6-4-3-5-7-13)15-10-8-14-9-11-16-17(14)2/h3-7,9,11-12,15H,8,10H2,1-2H3/t12-/m1/s1. The van der Waals surface area contributed by atoms with Crippen molar-refractivity contribution in [1.29, 1.82) is 0 Å². The normalized spacial score (nSPS) is 12.6. The van der Waals surface area contributed by atoms with Gasteiger partial charge in [0.25, 0.3) is 0 Å². The van der Waals surface area contributed by atoms with Gasteiger partial charge in [0.2, 0.25) is 0 Å². The van der Waals surface area contributed by atoms with Gasteiger partial charge in [-0.15, -0.1) is 0 Å². The van der Waals surface area contributed by atoms with E-state index in [1.165, 1.54) is 11.3 Å². The number of aromatic nitrogens is 2. The van der Waals surface area contributed by atoms with Crippen molar-refractivity contribution >= 4 is 0 Å². The number of aryl methyl sites for hydroxylation is 1. The van der Waals surface area contributed by atoms with Gasteiger partial charge in [-0.25, -0.2) is 0 Å². The summed E-state index contributed by atoms with van der Waals surface area (Å²) in [4.78, 5) is 0. The summed E-state index contributed by atoms with van der Waals surface area (Å²) >= 11 is 0. The fourth-order valence-electron chi connectivity index (χ4n) is 1.92. The number of rotatable bonds is 5. The van der Waals surface area contributed by atoms with Crippen LogP contribution in [0.15, 0.2) is 42.6 Å². The lowest BCUT2D eigenvalue weighted by Gasteiger charge is -2.14. The molecule has 1 aromatic heterocycles. The van der Waals surface area contributed by atoms with Crippen molar-refractivity contribution in [2.45, 2.75) is 19.4 Å². The molecule has 3 heteroatoms. The van der Waals surface area contributed by atoms with Crippen LogP contribution in [0.25, 0.3) is 0 Å². The summed E-state index contributed by atoms with van der Waals surface area (Å²) in [6.45, 7) is 3.16. The van der Waals surface area contributed by atoms with Crippen LogP contribution in [0.5, 0.6) is 0 Å². The van der Waals surface area contributed by atoms with Crippen molar-refractivity contribution in [3.05, 3.63) is 53.9 Å². The van der Waals surface area contributed by atoms with Crippen LogP contribution >= 0.6 is 0 Å². The van der Waals surface area contributed by atoms with E-state index < -0.39 is 0 Å². The maximum atomic E-state index is 4.16. The van der Waals surface area contributed by atoms with E-state index in [2.05, 4.69) is 47.7 Å². The lowest BCUT2D eigenvalue weighted by atomic mass is 10.1. The highest BCUT2D eigenvalue weighted by molar-refractivity contribution is 5.18. The zero-order valence-electron chi connectivity index (χ0n) is 10.4. The average molecular weight is 229 g/mol. The molecule has 0 saturated carbocycles. The number of nitrogens with one attached hydrogen (secondary N) is 1. The monoisotopic (exact) mass is 229 g/mol. The molecule has 0 radical (unpaired) electrons. The molecule has 0 fully saturated rings. The Bertz CT molecular complexity index is 448. The van der Waals surface area contributed by atoms with Gasteiger partial charge in [-0.2, -0.15) is 5.10 Å². The van der Waals surface area contributed by atoms with Gasteiger partial charge in [0, 0.05) is 37.9 Å². The lowest BCUT2D eigenvalue weighted by Crippen LogP contribution is -2.22. The molecule has 0 aliphatic carbocycles. The molecule has 0 bridgehead atoms. The van der Waals surface area contributed by atoms with E-state index in [-0.39, 0.29) is 0 Å². The molecule has 2 aromatic rings. The Morgan fingerprint density at radius 3 is 2.65 bits per heavy atom. The van der Waals surface area contributed by atoms with Gasteiger partial charge >= 0.3 is 0 Å². The number of hydrogen-bond donors (Lipinski definition) is 1. The second kappa shape index (κ2) is 5.64. The summed E-state index contributed by atoms with van der Waals surface area (Å²) < 4.78 is 1.93. The van der Waals surface area contributed by atoms with Crippen molar-refractivity contribution in [1.82, 2.24) is 15.1 Å². The Balaban J connectivity index is 1.81. The third-order valence-electron chi connectivity index (χ3n) is 3.05. The Morgan fingerprint density at radius 2 is 2.00 bits per heavy atom. The summed E-state index contributed by atoms with van der Waals surface area (Å²) in [5.74, 6) is 0. The fourth-order valence-corrected chi connectivity index (χ4v) is 1.92. The second-order valence-electron chi connectivity index (χ2n) is 4.28. The molecule has 0 aliphatic rings. The molecule has 3 nitrogen and oxygen atoms in total. The number of hydrogen-bond acceptors (Lipinski definition) is 2. The van der Waals surface area contributed by atoms with Crippen LogP contribution in [0.1, 0.15) is 24.2 Å². The molecule has 2 rings (SSSR count). The zero-order chi connectivity index (χ0) is 12.1. The van der Waals surface area contributed by atoms with Gasteiger partial charge in [-0.3, -0.25) is 4.68 Å². The highest BCUT2D eigenvalue weighted by Gasteiger charge is 2.04. The molecule has 0 spiro atoms. The maximum absolute atomic E-state index is 4.16. The topological polar surface area (TPSA) is 29.9 Å². The van der Waals surface area contributed by atoms with Crippen molar-refractivity contribution in [2.24, 2.45) is 7.05 Å². The largest absolute Gasteiger partial charge is 0.310 e. The van der Waals surface area contributed by atoms with Gasteiger partial charge < -0.3 is 5.32 Å². The predicted molar refractivity (Wildman–Crippen MR) is 69.8 cm³/mol. The molecule has 90 valence electrons. The number of benzene rings is 1. The SMILES string of the molecule is C[C@@H](NCCc1ccnn1C)c1ccccc1. The van der Waals surface area contributed by atoms with Gasteiger partial charge in [0.1, 0.15) is 0 Å². The molecule has 0 aliphatic heterocycles. The summed E-state index contributed by atoms with van der Waals surface area (Å²) in [6.07, 6.45) is 2.85. The van der Waals surface area contributed by atoms with Crippen LogP contribution in [-0.2, 0) is 13.5 Å². The molecular weight excluding hydrogens is 210 g/mol. The summed E-state index contributed by atoms with van der Waals surface area (Å²) in [5.41, 5.74) is 2.59. The van der Waals surface area contributed by atoms with Crippen LogP contribution < -0.4 is 5.32 Å². The Morgan fingerprint density at radius 1 is 1.24 bits per heavy atom. The molecule has 0 saturated heterocycles. The predicted octanol–water partition coefficient (Wildman–Crippen LogP) is 2.31. The van der Waals surface area contributed by atoms with E-state index in [1.54, 1.807) is 0 Å². The highest BCUT2D eigenvalue weighted by Crippen LogP contribution is 2.10. The van der Waals surface area contributed by atoms with Crippen LogP contribution in [-0.4, -0.2) is 16.3 Å². The van der Waals surface area contributed by atoms with Crippen molar-refractivity contribution in [3.63, 3.8) is 0 Å². The maximum Gasteiger partial charge on any atom is 0.0492 e. The molecule has 1 N–H and O–H groups in total. The van der Waals surface area contributed by atoms with E-state index in [0.29, 0.717) is 6.04 Å². The first-order chi connectivity index (χ1) is 8.27. The molecule has 1 heterocycles. The van der Waals surface area contributed by atoms with Gasteiger partial charge in [-0.05, 0) is 18.6 Å².